The van der Waals surface area contributed by atoms with Crippen LogP contribution < -0.4 is 5.32 Å². The van der Waals surface area contributed by atoms with Crippen LogP contribution in [0.25, 0.3) is 0 Å². The normalized spacial score (nSPS) is 14.2. The third-order valence-corrected chi connectivity index (χ3v) is 3.44. The number of nitrogens with zero attached hydrogens (tertiary/aromatic N) is 1. The Morgan fingerprint density at radius 1 is 1.05 bits per heavy atom. The molecule has 0 aliphatic heterocycles. The minimum atomic E-state index is -0.0781. The molecule has 2 atom stereocenters. The largest absolute Gasteiger partial charge is 0.394 e. The van der Waals surface area contributed by atoms with Gasteiger partial charge in [-0.1, -0.05) is 50.2 Å². The fourth-order valence-corrected chi connectivity index (χ4v) is 2.34. The molecule has 0 aliphatic carbocycles. The second kappa shape index (κ2) is 7.17. The summed E-state index contributed by atoms with van der Waals surface area (Å²) in [5.41, 5.74) is 2.11. The number of benzene rings is 1. The van der Waals surface area contributed by atoms with Crippen molar-refractivity contribution in [2.45, 2.75) is 25.9 Å². The Bertz CT molecular complexity index is 499. The average Bonchev–Trinajstić information content (AvgIpc) is 2.50. The number of pyridine rings is 1. The van der Waals surface area contributed by atoms with E-state index in [1.165, 1.54) is 0 Å². The summed E-state index contributed by atoms with van der Waals surface area (Å²) in [7, 11) is 0. The van der Waals surface area contributed by atoms with E-state index in [0.717, 1.165) is 11.3 Å². The van der Waals surface area contributed by atoms with E-state index in [4.69, 9.17) is 0 Å². The lowest BCUT2D eigenvalue weighted by Gasteiger charge is -2.27. The van der Waals surface area contributed by atoms with E-state index in [2.05, 4.69) is 24.1 Å². The van der Waals surface area contributed by atoms with Gasteiger partial charge in [-0.25, -0.2) is 0 Å². The van der Waals surface area contributed by atoms with Gasteiger partial charge in [-0.2, -0.15) is 0 Å². The van der Waals surface area contributed by atoms with Gasteiger partial charge in [0.15, 0.2) is 0 Å². The van der Waals surface area contributed by atoms with Crippen LogP contribution in [0, 0.1) is 5.92 Å². The maximum absolute atomic E-state index is 9.67. The molecule has 2 rings (SSSR count). The molecule has 2 aromatic rings. The average molecular weight is 270 g/mol. The molecule has 2 N–H and O–H groups in total. The molecule has 3 heteroatoms. The van der Waals surface area contributed by atoms with Crippen LogP contribution >= 0.6 is 0 Å². The van der Waals surface area contributed by atoms with Crippen molar-refractivity contribution in [3.05, 3.63) is 66.0 Å². The zero-order valence-corrected chi connectivity index (χ0v) is 12.0. The molecule has 0 unspecified atom stereocenters. The highest BCUT2D eigenvalue weighted by Gasteiger charge is 2.21. The van der Waals surface area contributed by atoms with Crippen molar-refractivity contribution in [1.29, 1.82) is 0 Å². The highest BCUT2D eigenvalue weighted by molar-refractivity contribution is 5.20. The number of aliphatic hydroxyl groups excluding tert-OH is 1. The molecule has 1 heterocycles. The minimum Gasteiger partial charge on any atom is -0.394 e. The summed E-state index contributed by atoms with van der Waals surface area (Å²) in [6.07, 6.45) is 1.81. The Hall–Kier alpha value is -1.71. The van der Waals surface area contributed by atoms with E-state index in [1.54, 1.807) is 0 Å². The molecule has 0 amide bonds. The lowest BCUT2D eigenvalue weighted by Crippen LogP contribution is -2.32. The number of aliphatic hydroxyl groups is 1. The van der Waals surface area contributed by atoms with Gasteiger partial charge in [0.1, 0.15) is 0 Å². The van der Waals surface area contributed by atoms with Gasteiger partial charge >= 0.3 is 0 Å². The Balaban J connectivity index is 2.19. The zero-order valence-electron chi connectivity index (χ0n) is 12.0. The number of rotatable bonds is 6. The van der Waals surface area contributed by atoms with Gasteiger partial charge in [-0.15, -0.1) is 0 Å². The van der Waals surface area contributed by atoms with Crippen molar-refractivity contribution in [2.24, 2.45) is 5.92 Å². The Morgan fingerprint density at radius 3 is 2.30 bits per heavy atom. The topological polar surface area (TPSA) is 45.1 Å². The maximum Gasteiger partial charge on any atom is 0.0626 e. The zero-order chi connectivity index (χ0) is 14.4. The molecule has 106 valence electrons. The van der Waals surface area contributed by atoms with Crippen LogP contribution in [0.4, 0.5) is 0 Å². The minimum absolute atomic E-state index is 0.0695. The van der Waals surface area contributed by atoms with E-state index in [-0.39, 0.29) is 18.7 Å². The van der Waals surface area contributed by atoms with Crippen LogP contribution in [-0.2, 0) is 0 Å². The molecule has 0 saturated heterocycles. The van der Waals surface area contributed by atoms with Crippen molar-refractivity contribution in [1.82, 2.24) is 10.3 Å². The van der Waals surface area contributed by atoms with Crippen LogP contribution in [-0.4, -0.2) is 16.7 Å². The standard InChI is InChI=1S/C17H22N2O/c1-13(2)17(15-10-6-7-11-18-15)19-16(12-20)14-8-4-3-5-9-14/h3-11,13,16-17,19-20H,12H2,1-2H3/t16-,17+/m0/s1. The lowest BCUT2D eigenvalue weighted by molar-refractivity contribution is 0.220. The van der Waals surface area contributed by atoms with Crippen LogP contribution in [0.1, 0.15) is 37.2 Å². The van der Waals surface area contributed by atoms with Gasteiger partial charge in [-0.3, -0.25) is 10.3 Å². The fraction of sp³-hybridized carbons (Fsp3) is 0.353. The van der Waals surface area contributed by atoms with Crippen molar-refractivity contribution >= 4 is 0 Å². The molecular formula is C17H22N2O. The summed E-state index contributed by atoms with van der Waals surface area (Å²) in [4.78, 5) is 4.44. The molecule has 0 fully saturated rings. The lowest BCUT2D eigenvalue weighted by atomic mass is 9.97. The molecule has 20 heavy (non-hydrogen) atoms. The summed E-state index contributed by atoms with van der Waals surface area (Å²) < 4.78 is 0. The van der Waals surface area contributed by atoms with Gasteiger partial charge in [0, 0.05) is 6.20 Å². The first-order valence-corrected chi connectivity index (χ1v) is 7.05. The van der Waals surface area contributed by atoms with Gasteiger partial charge in [-0.05, 0) is 23.6 Å². The van der Waals surface area contributed by atoms with Gasteiger partial charge < -0.3 is 5.11 Å². The summed E-state index contributed by atoms with van der Waals surface area (Å²) >= 11 is 0. The molecule has 0 aliphatic rings. The Morgan fingerprint density at radius 2 is 1.75 bits per heavy atom. The Kier molecular flexibility index (Phi) is 5.27. The summed E-state index contributed by atoms with van der Waals surface area (Å²) in [5, 5.41) is 13.2. The summed E-state index contributed by atoms with van der Waals surface area (Å²) in [5.74, 6) is 0.391. The van der Waals surface area contributed by atoms with E-state index in [0.29, 0.717) is 5.92 Å². The molecular weight excluding hydrogens is 248 g/mol. The fourth-order valence-electron chi connectivity index (χ4n) is 2.34. The van der Waals surface area contributed by atoms with Crippen molar-refractivity contribution in [3.63, 3.8) is 0 Å². The predicted molar refractivity (Wildman–Crippen MR) is 81.2 cm³/mol. The quantitative estimate of drug-likeness (QED) is 0.848. The third-order valence-electron chi connectivity index (χ3n) is 3.44. The predicted octanol–water partition coefficient (Wildman–Crippen LogP) is 3.10. The second-order valence-electron chi connectivity index (χ2n) is 5.29. The molecule has 0 spiro atoms. The Labute approximate surface area is 120 Å². The highest BCUT2D eigenvalue weighted by atomic mass is 16.3. The number of hydrogen-bond acceptors (Lipinski definition) is 3. The molecule has 3 nitrogen and oxygen atoms in total. The SMILES string of the molecule is CC(C)[C@@H](N[C@@H](CO)c1ccccc1)c1ccccn1. The smallest absolute Gasteiger partial charge is 0.0626 e. The molecule has 0 bridgehead atoms. The van der Waals surface area contributed by atoms with Crippen LogP contribution in [0.15, 0.2) is 54.7 Å². The van der Waals surface area contributed by atoms with Crippen molar-refractivity contribution < 1.29 is 5.11 Å². The van der Waals surface area contributed by atoms with E-state index in [1.807, 2.05) is 54.7 Å². The number of aromatic nitrogens is 1. The van der Waals surface area contributed by atoms with E-state index in [9.17, 15) is 5.11 Å². The van der Waals surface area contributed by atoms with Crippen molar-refractivity contribution in [3.8, 4) is 0 Å². The van der Waals surface area contributed by atoms with Crippen LogP contribution in [0.2, 0.25) is 0 Å². The number of hydrogen-bond donors (Lipinski definition) is 2. The highest BCUT2D eigenvalue weighted by Crippen LogP contribution is 2.24. The molecule has 0 saturated carbocycles. The van der Waals surface area contributed by atoms with Crippen molar-refractivity contribution in [2.75, 3.05) is 6.61 Å². The molecule has 1 aromatic carbocycles. The third kappa shape index (κ3) is 3.65. The first kappa shape index (κ1) is 14.7. The van der Waals surface area contributed by atoms with Crippen LogP contribution in [0.3, 0.4) is 0 Å². The monoisotopic (exact) mass is 270 g/mol. The van der Waals surface area contributed by atoms with Crippen LogP contribution in [0.5, 0.6) is 0 Å². The maximum atomic E-state index is 9.67. The van der Waals surface area contributed by atoms with Gasteiger partial charge in [0.2, 0.25) is 0 Å². The molecule has 0 radical (unpaired) electrons. The van der Waals surface area contributed by atoms with Gasteiger partial charge in [0.25, 0.3) is 0 Å². The first-order valence-electron chi connectivity index (χ1n) is 7.05. The van der Waals surface area contributed by atoms with Gasteiger partial charge in [0.05, 0.1) is 24.4 Å². The molecule has 1 aromatic heterocycles. The number of nitrogens with one attached hydrogen (secondary N) is 1. The van der Waals surface area contributed by atoms with E-state index >= 15 is 0 Å². The summed E-state index contributed by atoms with van der Waals surface area (Å²) in [6, 6.07) is 16.0. The first-order chi connectivity index (χ1) is 9.72. The van der Waals surface area contributed by atoms with E-state index < -0.39 is 0 Å². The summed E-state index contributed by atoms with van der Waals surface area (Å²) in [6.45, 7) is 4.39. The second-order valence-corrected chi connectivity index (χ2v) is 5.29.